The topological polar surface area (TPSA) is 48.0 Å². The van der Waals surface area contributed by atoms with Gasteiger partial charge in [0.25, 0.3) is 0 Å². The van der Waals surface area contributed by atoms with Gasteiger partial charge in [0.2, 0.25) is 0 Å². The van der Waals surface area contributed by atoms with Crippen LogP contribution in [0.3, 0.4) is 0 Å². The Morgan fingerprint density at radius 1 is 1.56 bits per heavy atom. The molecule has 0 saturated carbocycles. The van der Waals surface area contributed by atoms with E-state index >= 15 is 0 Å². The number of morpholine rings is 1. The maximum absolute atomic E-state index is 11.9. The number of nitrogens with zero attached hydrogens (tertiary/aromatic N) is 1. The van der Waals surface area contributed by atoms with Gasteiger partial charge in [0, 0.05) is 6.54 Å². The lowest BCUT2D eigenvalue weighted by molar-refractivity contribution is -0.0689. The van der Waals surface area contributed by atoms with E-state index in [9.17, 15) is 4.79 Å². The molecule has 0 spiro atoms. The van der Waals surface area contributed by atoms with E-state index in [0.717, 1.165) is 0 Å². The molecular formula is C13H21NO4. The quantitative estimate of drug-likeness (QED) is 0.563. The zero-order valence-electron chi connectivity index (χ0n) is 11.3. The summed E-state index contributed by atoms with van der Waals surface area (Å²) in [5, 5.41) is 0. The number of rotatable bonds is 3. The molecule has 1 fully saturated rings. The number of ether oxygens (including phenoxy) is 3. The molecule has 18 heavy (non-hydrogen) atoms. The number of hydrogen-bond acceptors (Lipinski definition) is 4. The molecule has 102 valence electrons. The van der Waals surface area contributed by atoms with Crippen LogP contribution in [0.4, 0.5) is 4.79 Å². The van der Waals surface area contributed by atoms with Gasteiger partial charge in [-0.05, 0) is 20.8 Å². The second kappa shape index (κ2) is 6.62. The molecule has 1 saturated heterocycles. The minimum absolute atomic E-state index is 0.139. The largest absolute Gasteiger partial charge is 0.444 e. The number of carbonyl (C=O) groups is 1. The lowest BCUT2D eigenvalue weighted by atomic mass is 10.2. The molecular weight excluding hydrogens is 234 g/mol. The molecule has 1 atom stereocenters. The van der Waals surface area contributed by atoms with Crippen molar-refractivity contribution < 1.29 is 19.0 Å². The molecule has 0 unspecified atom stereocenters. The summed E-state index contributed by atoms with van der Waals surface area (Å²) in [6, 6.07) is 0. The zero-order chi connectivity index (χ0) is 13.6. The average molecular weight is 255 g/mol. The van der Waals surface area contributed by atoms with Crippen molar-refractivity contribution in [3.8, 4) is 12.3 Å². The van der Waals surface area contributed by atoms with Crippen molar-refractivity contribution in [1.82, 2.24) is 4.90 Å². The highest BCUT2D eigenvalue weighted by atomic mass is 16.6. The minimum Gasteiger partial charge on any atom is -0.444 e. The summed E-state index contributed by atoms with van der Waals surface area (Å²) in [4.78, 5) is 13.5. The van der Waals surface area contributed by atoms with Gasteiger partial charge < -0.3 is 19.1 Å². The fourth-order valence-corrected chi connectivity index (χ4v) is 1.56. The Labute approximate surface area is 108 Å². The van der Waals surface area contributed by atoms with Gasteiger partial charge >= 0.3 is 6.09 Å². The van der Waals surface area contributed by atoms with Crippen LogP contribution in [0.15, 0.2) is 0 Å². The average Bonchev–Trinajstić information content (AvgIpc) is 2.27. The zero-order valence-corrected chi connectivity index (χ0v) is 11.3. The van der Waals surface area contributed by atoms with E-state index in [1.165, 1.54) is 0 Å². The van der Waals surface area contributed by atoms with Crippen molar-refractivity contribution >= 4 is 6.09 Å². The van der Waals surface area contributed by atoms with Crippen LogP contribution < -0.4 is 0 Å². The van der Waals surface area contributed by atoms with Crippen molar-refractivity contribution in [1.29, 1.82) is 0 Å². The Hall–Kier alpha value is -1.25. The van der Waals surface area contributed by atoms with Gasteiger partial charge in [0.15, 0.2) is 0 Å². The molecule has 1 aliphatic rings. The van der Waals surface area contributed by atoms with Gasteiger partial charge in [-0.1, -0.05) is 5.92 Å². The molecule has 0 bridgehead atoms. The van der Waals surface area contributed by atoms with Gasteiger partial charge in [-0.15, -0.1) is 6.42 Å². The lowest BCUT2D eigenvalue weighted by Crippen LogP contribution is -2.48. The molecule has 1 aliphatic heterocycles. The van der Waals surface area contributed by atoms with Gasteiger partial charge in [-0.3, -0.25) is 0 Å². The highest BCUT2D eigenvalue weighted by molar-refractivity contribution is 5.68. The number of terminal acetylenes is 1. The van der Waals surface area contributed by atoms with Crippen LogP contribution in [-0.4, -0.2) is 55.6 Å². The molecule has 0 aromatic rings. The number of amides is 1. The first-order chi connectivity index (χ1) is 8.42. The van der Waals surface area contributed by atoms with Crippen molar-refractivity contribution in [2.45, 2.75) is 32.5 Å². The minimum atomic E-state index is -0.481. The predicted molar refractivity (Wildman–Crippen MR) is 67.2 cm³/mol. The Kier molecular flexibility index (Phi) is 5.45. The molecule has 1 amide bonds. The van der Waals surface area contributed by atoms with Gasteiger partial charge in [-0.25, -0.2) is 4.79 Å². The van der Waals surface area contributed by atoms with Crippen molar-refractivity contribution in [3.05, 3.63) is 0 Å². The van der Waals surface area contributed by atoms with E-state index in [0.29, 0.717) is 26.3 Å². The fraction of sp³-hybridized carbons (Fsp3) is 0.769. The summed E-state index contributed by atoms with van der Waals surface area (Å²) < 4.78 is 16.0. The van der Waals surface area contributed by atoms with E-state index in [2.05, 4.69) is 5.92 Å². The first kappa shape index (κ1) is 14.8. The molecule has 0 N–H and O–H groups in total. The van der Waals surface area contributed by atoms with Crippen molar-refractivity contribution in [3.63, 3.8) is 0 Å². The van der Waals surface area contributed by atoms with Crippen LogP contribution >= 0.6 is 0 Å². The molecule has 0 radical (unpaired) electrons. The molecule has 5 nitrogen and oxygen atoms in total. The Balaban J connectivity index is 2.39. The summed E-state index contributed by atoms with van der Waals surface area (Å²) in [7, 11) is 0. The third-order valence-corrected chi connectivity index (χ3v) is 2.28. The summed E-state index contributed by atoms with van der Waals surface area (Å²) in [5.74, 6) is 2.39. The highest BCUT2D eigenvalue weighted by Gasteiger charge is 2.28. The number of hydrogen-bond donors (Lipinski definition) is 0. The highest BCUT2D eigenvalue weighted by Crippen LogP contribution is 2.13. The second-order valence-corrected chi connectivity index (χ2v) is 5.14. The second-order valence-electron chi connectivity index (χ2n) is 5.14. The van der Waals surface area contributed by atoms with Gasteiger partial charge in [0.1, 0.15) is 12.2 Å². The van der Waals surface area contributed by atoms with Gasteiger partial charge in [-0.2, -0.15) is 0 Å². The molecule has 1 heterocycles. The molecule has 5 heteroatoms. The standard InChI is InChI=1S/C13H21NO4/c1-5-7-16-10-11-9-14(6-8-17-11)12(15)18-13(2,3)4/h1,11H,6-10H2,2-4H3/t11-/m0/s1. The van der Waals surface area contributed by atoms with Crippen LogP contribution in [0.5, 0.6) is 0 Å². The van der Waals surface area contributed by atoms with Crippen molar-refractivity contribution in [2.24, 2.45) is 0 Å². The van der Waals surface area contributed by atoms with Crippen LogP contribution in [0.25, 0.3) is 0 Å². The Morgan fingerprint density at radius 3 is 2.89 bits per heavy atom. The normalized spacial score (nSPS) is 20.3. The first-order valence-corrected chi connectivity index (χ1v) is 6.03. The fourth-order valence-electron chi connectivity index (χ4n) is 1.56. The maximum Gasteiger partial charge on any atom is 0.410 e. The van der Waals surface area contributed by atoms with Crippen LogP contribution in [0, 0.1) is 12.3 Å². The lowest BCUT2D eigenvalue weighted by Gasteiger charge is -2.34. The van der Waals surface area contributed by atoms with Crippen LogP contribution in [0.2, 0.25) is 0 Å². The molecule has 0 aromatic carbocycles. The maximum atomic E-state index is 11.9. The smallest absolute Gasteiger partial charge is 0.410 e. The molecule has 0 aromatic heterocycles. The summed E-state index contributed by atoms with van der Waals surface area (Å²) in [5.41, 5.74) is -0.481. The first-order valence-electron chi connectivity index (χ1n) is 6.03. The van der Waals surface area contributed by atoms with E-state index in [4.69, 9.17) is 20.6 Å². The summed E-state index contributed by atoms with van der Waals surface area (Å²) in [6.07, 6.45) is 4.64. The van der Waals surface area contributed by atoms with Crippen LogP contribution in [0.1, 0.15) is 20.8 Å². The number of carbonyl (C=O) groups excluding carboxylic acids is 1. The molecule has 1 rings (SSSR count). The monoisotopic (exact) mass is 255 g/mol. The Morgan fingerprint density at radius 2 is 2.28 bits per heavy atom. The van der Waals surface area contributed by atoms with Gasteiger partial charge in [0.05, 0.1) is 25.9 Å². The third kappa shape index (κ3) is 5.39. The predicted octanol–water partition coefficient (Wildman–Crippen LogP) is 1.27. The summed E-state index contributed by atoms with van der Waals surface area (Å²) in [6.45, 7) is 7.69. The van der Waals surface area contributed by atoms with Crippen LogP contribution in [-0.2, 0) is 14.2 Å². The SMILES string of the molecule is C#CCOC[C@@H]1CN(C(=O)OC(C)(C)C)CCO1. The van der Waals surface area contributed by atoms with E-state index < -0.39 is 5.60 Å². The third-order valence-electron chi connectivity index (χ3n) is 2.28. The molecule has 0 aliphatic carbocycles. The van der Waals surface area contributed by atoms with E-state index in [-0.39, 0.29) is 18.8 Å². The Bertz CT molecular complexity index is 316. The summed E-state index contributed by atoms with van der Waals surface area (Å²) >= 11 is 0. The van der Waals surface area contributed by atoms with Crippen molar-refractivity contribution in [2.75, 3.05) is 32.9 Å². The van der Waals surface area contributed by atoms with E-state index in [1.807, 2.05) is 20.8 Å². The van der Waals surface area contributed by atoms with E-state index in [1.54, 1.807) is 4.90 Å².